The Kier molecular flexibility index (Phi) is 6.62. The predicted molar refractivity (Wildman–Crippen MR) is 81.6 cm³/mol. The van der Waals surface area contributed by atoms with E-state index in [4.69, 9.17) is 10.5 Å². The lowest BCUT2D eigenvalue weighted by Gasteiger charge is -2.29. The number of ether oxygens (including phenoxy) is 1. The molecule has 0 radical (unpaired) electrons. The number of nitrogens with zero attached hydrogens (tertiary/aromatic N) is 1. The Morgan fingerprint density at radius 1 is 1.38 bits per heavy atom. The van der Waals surface area contributed by atoms with Crippen molar-refractivity contribution in [2.75, 3.05) is 26.7 Å². The van der Waals surface area contributed by atoms with Crippen LogP contribution in [0, 0.1) is 11.2 Å². The lowest BCUT2D eigenvalue weighted by molar-refractivity contribution is -0.131. The second kappa shape index (κ2) is 7.98. The van der Waals surface area contributed by atoms with Crippen molar-refractivity contribution in [3.63, 3.8) is 0 Å². The van der Waals surface area contributed by atoms with E-state index < -0.39 is 0 Å². The normalized spacial score (nSPS) is 11.3. The number of nitrogens with two attached hydrogens (primary N) is 1. The molecule has 21 heavy (non-hydrogen) atoms. The topological polar surface area (TPSA) is 55.6 Å². The van der Waals surface area contributed by atoms with Gasteiger partial charge in [0.15, 0.2) is 11.6 Å². The second-order valence-corrected chi connectivity index (χ2v) is 6.00. The summed E-state index contributed by atoms with van der Waals surface area (Å²) in [6.07, 6.45) is 0.937. The molecular weight excluding hydrogens is 271 g/mol. The molecule has 1 rings (SSSR count). The number of hydrogen-bond acceptors (Lipinski definition) is 3. The molecule has 0 saturated heterocycles. The molecule has 0 atom stereocenters. The van der Waals surface area contributed by atoms with Gasteiger partial charge in [0.1, 0.15) is 0 Å². The zero-order chi connectivity index (χ0) is 15.9. The minimum Gasteiger partial charge on any atom is -0.491 e. The number of halogens is 1. The summed E-state index contributed by atoms with van der Waals surface area (Å²) in [6.45, 7) is 5.52. The van der Waals surface area contributed by atoms with Crippen LogP contribution in [0.2, 0.25) is 0 Å². The van der Waals surface area contributed by atoms with Crippen LogP contribution < -0.4 is 10.5 Å². The van der Waals surface area contributed by atoms with Gasteiger partial charge in [0.2, 0.25) is 5.91 Å². The van der Waals surface area contributed by atoms with E-state index in [9.17, 15) is 9.18 Å². The van der Waals surface area contributed by atoms with Crippen LogP contribution in [0.1, 0.15) is 26.7 Å². The van der Waals surface area contributed by atoms with Gasteiger partial charge in [0, 0.05) is 20.0 Å². The van der Waals surface area contributed by atoms with Crippen molar-refractivity contribution in [2.24, 2.45) is 11.1 Å². The Morgan fingerprint density at radius 2 is 2.05 bits per heavy atom. The van der Waals surface area contributed by atoms with E-state index in [1.54, 1.807) is 30.1 Å². The van der Waals surface area contributed by atoms with E-state index in [1.165, 1.54) is 6.07 Å². The van der Waals surface area contributed by atoms with Crippen LogP contribution in [-0.2, 0) is 4.79 Å². The quantitative estimate of drug-likeness (QED) is 0.750. The van der Waals surface area contributed by atoms with E-state index >= 15 is 0 Å². The van der Waals surface area contributed by atoms with Gasteiger partial charge >= 0.3 is 0 Å². The third kappa shape index (κ3) is 6.12. The number of carbonyl (C=O) groups excluding carboxylic acids is 1. The van der Waals surface area contributed by atoms with Gasteiger partial charge < -0.3 is 15.4 Å². The molecule has 0 bridgehead atoms. The number of rotatable bonds is 8. The summed E-state index contributed by atoms with van der Waals surface area (Å²) in [5.74, 6) is -0.109. The highest BCUT2D eigenvalue weighted by Crippen LogP contribution is 2.16. The van der Waals surface area contributed by atoms with Gasteiger partial charge in [0.05, 0.1) is 6.61 Å². The average molecular weight is 296 g/mol. The first-order valence-corrected chi connectivity index (χ1v) is 7.17. The molecule has 2 N–H and O–H groups in total. The first-order chi connectivity index (χ1) is 9.85. The maximum Gasteiger partial charge on any atom is 0.222 e. The van der Waals surface area contributed by atoms with E-state index in [2.05, 4.69) is 0 Å². The highest BCUT2D eigenvalue weighted by molar-refractivity contribution is 5.75. The minimum atomic E-state index is -0.384. The van der Waals surface area contributed by atoms with Crippen LogP contribution in [0.25, 0.3) is 0 Å². The maximum absolute atomic E-state index is 13.3. The molecule has 0 saturated carbocycles. The van der Waals surface area contributed by atoms with Gasteiger partial charge in [-0.05, 0) is 30.5 Å². The Bertz CT molecular complexity index is 463. The number of carbonyl (C=O) groups is 1. The number of para-hydroxylation sites is 1. The summed E-state index contributed by atoms with van der Waals surface area (Å²) in [5, 5.41) is 0. The summed E-state index contributed by atoms with van der Waals surface area (Å²) in [4.78, 5) is 13.7. The number of hydrogen-bond donors (Lipinski definition) is 1. The van der Waals surface area contributed by atoms with Crippen LogP contribution in [0.5, 0.6) is 5.75 Å². The van der Waals surface area contributed by atoms with E-state index in [-0.39, 0.29) is 22.9 Å². The fourth-order valence-corrected chi connectivity index (χ4v) is 1.95. The van der Waals surface area contributed by atoms with Crippen LogP contribution >= 0.6 is 0 Å². The standard InChI is InChI=1S/C16H25FN2O2/c1-16(2,11-18)12-19(3)15(20)9-6-10-21-14-8-5-4-7-13(14)17/h4-5,7-8H,6,9-12,18H2,1-3H3. The first kappa shape index (κ1) is 17.4. The summed E-state index contributed by atoms with van der Waals surface area (Å²) in [7, 11) is 1.78. The molecule has 0 fully saturated rings. The van der Waals surface area contributed by atoms with Gasteiger partial charge in [-0.25, -0.2) is 4.39 Å². The van der Waals surface area contributed by atoms with E-state index in [0.29, 0.717) is 32.5 Å². The smallest absolute Gasteiger partial charge is 0.222 e. The number of amides is 1. The molecule has 1 amide bonds. The maximum atomic E-state index is 13.3. The fraction of sp³-hybridized carbons (Fsp3) is 0.562. The van der Waals surface area contributed by atoms with Crippen LogP contribution in [0.15, 0.2) is 24.3 Å². The van der Waals surface area contributed by atoms with Crippen molar-refractivity contribution >= 4 is 5.91 Å². The molecule has 0 aliphatic carbocycles. The predicted octanol–water partition coefficient (Wildman–Crippen LogP) is 2.43. The molecule has 5 heteroatoms. The highest BCUT2D eigenvalue weighted by Gasteiger charge is 2.20. The zero-order valence-corrected chi connectivity index (χ0v) is 13.1. The lowest BCUT2D eigenvalue weighted by Crippen LogP contribution is -2.39. The van der Waals surface area contributed by atoms with Gasteiger partial charge in [-0.3, -0.25) is 4.79 Å². The van der Waals surface area contributed by atoms with Crippen molar-refractivity contribution in [1.82, 2.24) is 4.90 Å². The Hall–Kier alpha value is -1.62. The van der Waals surface area contributed by atoms with Crippen molar-refractivity contribution in [3.8, 4) is 5.75 Å². The lowest BCUT2D eigenvalue weighted by atomic mass is 9.93. The summed E-state index contributed by atoms with van der Waals surface area (Å²) in [5.41, 5.74) is 5.57. The van der Waals surface area contributed by atoms with Gasteiger partial charge in [-0.1, -0.05) is 26.0 Å². The minimum absolute atomic E-state index is 0.0497. The molecule has 0 aliphatic rings. The largest absolute Gasteiger partial charge is 0.491 e. The first-order valence-electron chi connectivity index (χ1n) is 7.17. The van der Waals surface area contributed by atoms with Crippen LogP contribution in [0.3, 0.4) is 0 Å². The molecule has 0 spiro atoms. The fourth-order valence-electron chi connectivity index (χ4n) is 1.95. The van der Waals surface area contributed by atoms with E-state index in [0.717, 1.165) is 0 Å². The Morgan fingerprint density at radius 3 is 2.67 bits per heavy atom. The molecule has 0 unspecified atom stereocenters. The average Bonchev–Trinajstić information content (AvgIpc) is 2.44. The molecule has 0 aromatic heterocycles. The second-order valence-electron chi connectivity index (χ2n) is 6.00. The molecule has 4 nitrogen and oxygen atoms in total. The molecule has 118 valence electrons. The Balaban J connectivity index is 2.29. The third-order valence-electron chi connectivity index (χ3n) is 3.27. The molecule has 0 aliphatic heterocycles. The number of benzene rings is 1. The van der Waals surface area contributed by atoms with Crippen molar-refractivity contribution in [3.05, 3.63) is 30.1 Å². The SMILES string of the molecule is CN(CC(C)(C)CN)C(=O)CCCOc1ccccc1F. The van der Waals surface area contributed by atoms with Crippen LogP contribution in [0.4, 0.5) is 4.39 Å². The van der Waals surface area contributed by atoms with Crippen molar-refractivity contribution < 1.29 is 13.9 Å². The summed E-state index contributed by atoms with van der Waals surface area (Å²) < 4.78 is 18.6. The van der Waals surface area contributed by atoms with Crippen molar-refractivity contribution in [2.45, 2.75) is 26.7 Å². The zero-order valence-electron chi connectivity index (χ0n) is 13.1. The van der Waals surface area contributed by atoms with E-state index in [1.807, 2.05) is 13.8 Å². The molecule has 0 heterocycles. The molecule has 1 aromatic rings. The highest BCUT2D eigenvalue weighted by atomic mass is 19.1. The summed E-state index contributed by atoms with van der Waals surface area (Å²) in [6, 6.07) is 6.25. The third-order valence-corrected chi connectivity index (χ3v) is 3.27. The van der Waals surface area contributed by atoms with Gasteiger partial charge in [-0.2, -0.15) is 0 Å². The summed E-state index contributed by atoms with van der Waals surface area (Å²) >= 11 is 0. The van der Waals surface area contributed by atoms with Gasteiger partial charge in [-0.15, -0.1) is 0 Å². The Labute approximate surface area is 126 Å². The molecular formula is C16H25FN2O2. The monoisotopic (exact) mass is 296 g/mol. The van der Waals surface area contributed by atoms with Crippen molar-refractivity contribution in [1.29, 1.82) is 0 Å². The van der Waals surface area contributed by atoms with Crippen LogP contribution in [-0.4, -0.2) is 37.6 Å². The van der Waals surface area contributed by atoms with Gasteiger partial charge in [0.25, 0.3) is 0 Å². The molecule has 1 aromatic carbocycles.